The van der Waals surface area contributed by atoms with Crippen LogP contribution in [0.5, 0.6) is 5.88 Å². The first-order valence-corrected chi connectivity index (χ1v) is 11.7. The molecule has 190 valence electrons. The zero-order valence-electron chi connectivity index (χ0n) is 20.2. The van der Waals surface area contributed by atoms with Gasteiger partial charge in [-0.05, 0) is 42.7 Å². The third kappa shape index (κ3) is 6.73. The van der Waals surface area contributed by atoms with Crippen molar-refractivity contribution >= 4 is 46.9 Å². The maximum atomic E-state index is 13.3. The van der Waals surface area contributed by atoms with Gasteiger partial charge in [0, 0.05) is 17.3 Å². The van der Waals surface area contributed by atoms with Crippen molar-refractivity contribution in [3.63, 3.8) is 0 Å². The minimum absolute atomic E-state index is 0.0996. The molecule has 2 amide bonds. The van der Waals surface area contributed by atoms with Crippen LogP contribution < -0.4 is 15.4 Å². The van der Waals surface area contributed by atoms with E-state index in [1.54, 1.807) is 25.1 Å². The van der Waals surface area contributed by atoms with Gasteiger partial charge in [-0.3, -0.25) is 9.59 Å². The molecular formula is C24H26Cl2N6O4. The average Bonchev–Trinajstić information content (AvgIpc) is 3.27. The van der Waals surface area contributed by atoms with Crippen molar-refractivity contribution in [2.45, 2.75) is 20.8 Å². The van der Waals surface area contributed by atoms with Gasteiger partial charge in [-0.15, -0.1) is 5.10 Å². The van der Waals surface area contributed by atoms with E-state index in [2.05, 4.69) is 25.9 Å². The van der Waals surface area contributed by atoms with Crippen molar-refractivity contribution in [1.29, 1.82) is 0 Å². The van der Waals surface area contributed by atoms with Crippen LogP contribution in [0.1, 0.15) is 40.3 Å². The number of rotatable bonds is 10. The van der Waals surface area contributed by atoms with Crippen LogP contribution in [0.2, 0.25) is 10.0 Å². The fourth-order valence-electron chi connectivity index (χ4n) is 3.10. The Kier molecular flexibility index (Phi) is 9.26. The number of nitrogens with one attached hydrogen (secondary N) is 2. The highest BCUT2D eigenvalue weighted by molar-refractivity contribution is 6.32. The topological polar surface area (TPSA) is 120 Å². The Morgan fingerprint density at radius 1 is 1.22 bits per heavy atom. The number of oxime groups is 1. The highest BCUT2D eigenvalue weighted by atomic mass is 35.5. The maximum Gasteiger partial charge on any atom is 0.274 e. The van der Waals surface area contributed by atoms with Gasteiger partial charge in [-0.2, -0.15) is 0 Å². The molecule has 0 aliphatic heterocycles. The standard InChI is InChI=1S/C24H26Cl2N6O4/c1-14(2)13-36-29-9-8-28-23(33)17-11-16(25)10-15(3)21(17)30-24(34)19-12-20(35-4)31-32(19)22-18(26)6-5-7-27-22/h5-7,9-12,14H,8,13H2,1-4H3,(H,28,33)(H,30,34)/b29-9+. The van der Waals surface area contributed by atoms with Crippen LogP contribution in [0.4, 0.5) is 5.69 Å². The second-order valence-electron chi connectivity index (χ2n) is 8.08. The van der Waals surface area contributed by atoms with Gasteiger partial charge >= 0.3 is 0 Å². The zero-order chi connectivity index (χ0) is 26.2. The summed E-state index contributed by atoms with van der Waals surface area (Å²) in [6.45, 7) is 6.33. The summed E-state index contributed by atoms with van der Waals surface area (Å²) in [5, 5.41) is 14.2. The van der Waals surface area contributed by atoms with Crippen molar-refractivity contribution in [1.82, 2.24) is 20.1 Å². The number of carbonyl (C=O) groups excluding carboxylic acids is 2. The van der Waals surface area contributed by atoms with Gasteiger partial charge in [-0.1, -0.05) is 42.2 Å². The smallest absolute Gasteiger partial charge is 0.274 e. The molecule has 0 saturated carbocycles. The first-order valence-electron chi connectivity index (χ1n) is 11.0. The van der Waals surface area contributed by atoms with Crippen LogP contribution in [0, 0.1) is 12.8 Å². The molecule has 0 aliphatic rings. The zero-order valence-corrected chi connectivity index (χ0v) is 21.7. The molecule has 0 bridgehead atoms. The number of methoxy groups -OCH3 is 1. The molecule has 0 fully saturated rings. The quantitative estimate of drug-likeness (QED) is 0.292. The largest absolute Gasteiger partial charge is 0.480 e. The van der Waals surface area contributed by atoms with Crippen LogP contribution in [-0.2, 0) is 4.84 Å². The number of amides is 2. The lowest BCUT2D eigenvalue weighted by Crippen LogP contribution is -2.27. The number of pyridine rings is 1. The lowest BCUT2D eigenvalue weighted by Gasteiger charge is -2.15. The predicted molar refractivity (Wildman–Crippen MR) is 139 cm³/mol. The predicted octanol–water partition coefficient (Wildman–Crippen LogP) is 4.53. The van der Waals surface area contributed by atoms with Crippen molar-refractivity contribution in [2.24, 2.45) is 11.1 Å². The van der Waals surface area contributed by atoms with Crippen molar-refractivity contribution in [3.05, 3.63) is 63.4 Å². The van der Waals surface area contributed by atoms with E-state index < -0.39 is 11.8 Å². The molecule has 1 aromatic carbocycles. The molecule has 0 spiro atoms. The van der Waals surface area contributed by atoms with E-state index in [0.717, 1.165) is 0 Å². The molecule has 3 aromatic rings. The Morgan fingerprint density at radius 2 is 2.00 bits per heavy atom. The van der Waals surface area contributed by atoms with Gasteiger partial charge in [-0.25, -0.2) is 9.67 Å². The summed E-state index contributed by atoms with van der Waals surface area (Å²) in [7, 11) is 1.43. The monoisotopic (exact) mass is 532 g/mol. The van der Waals surface area contributed by atoms with Crippen LogP contribution >= 0.6 is 23.2 Å². The van der Waals surface area contributed by atoms with Crippen molar-refractivity contribution in [3.8, 4) is 11.7 Å². The molecule has 3 rings (SSSR count). The fourth-order valence-corrected chi connectivity index (χ4v) is 3.57. The molecule has 36 heavy (non-hydrogen) atoms. The molecule has 12 heteroatoms. The van der Waals surface area contributed by atoms with Gasteiger partial charge in [0.15, 0.2) is 5.82 Å². The Bertz CT molecular complexity index is 1280. The van der Waals surface area contributed by atoms with E-state index in [1.807, 2.05) is 13.8 Å². The molecule has 0 atom stereocenters. The van der Waals surface area contributed by atoms with Gasteiger partial charge in [0.2, 0.25) is 5.88 Å². The number of hydrogen-bond donors (Lipinski definition) is 2. The second-order valence-corrected chi connectivity index (χ2v) is 8.92. The highest BCUT2D eigenvalue weighted by Gasteiger charge is 2.23. The molecule has 2 heterocycles. The fraction of sp³-hybridized carbons (Fsp3) is 0.292. The number of nitrogens with zero attached hydrogens (tertiary/aromatic N) is 4. The number of benzene rings is 1. The Balaban J connectivity index is 1.86. The lowest BCUT2D eigenvalue weighted by molar-refractivity contribution is 0.0958. The summed E-state index contributed by atoms with van der Waals surface area (Å²) in [5.41, 5.74) is 1.15. The molecular weight excluding hydrogens is 507 g/mol. The minimum atomic E-state index is -0.560. The molecule has 2 aromatic heterocycles. The Hall–Kier alpha value is -3.63. The van der Waals surface area contributed by atoms with Crippen LogP contribution in [0.25, 0.3) is 5.82 Å². The number of carbonyl (C=O) groups is 2. The van der Waals surface area contributed by atoms with Gasteiger partial charge in [0.05, 0.1) is 36.1 Å². The van der Waals surface area contributed by atoms with Crippen LogP contribution in [0.15, 0.2) is 41.7 Å². The number of aromatic nitrogens is 3. The SMILES string of the molecule is COc1cc(C(=O)Nc2c(C)cc(Cl)cc2C(=O)NC/C=N/OCC(C)C)n(-c2ncccc2Cl)n1. The van der Waals surface area contributed by atoms with E-state index in [0.29, 0.717) is 28.1 Å². The summed E-state index contributed by atoms with van der Waals surface area (Å²) >= 11 is 12.5. The second kappa shape index (κ2) is 12.4. The molecule has 10 nitrogen and oxygen atoms in total. The molecule has 2 N–H and O–H groups in total. The van der Waals surface area contributed by atoms with E-state index in [9.17, 15) is 9.59 Å². The molecule has 0 saturated heterocycles. The molecule has 0 unspecified atom stereocenters. The minimum Gasteiger partial charge on any atom is -0.480 e. The maximum absolute atomic E-state index is 13.3. The average molecular weight is 533 g/mol. The first kappa shape index (κ1) is 27.0. The highest BCUT2D eigenvalue weighted by Crippen LogP contribution is 2.28. The van der Waals surface area contributed by atoms with Gasteiger partial charge in [0.1, 0.15) is 12.3 Å². The number of hydrogen-bond acceptors (Lipinski definition) is 7. The number of anilines is 1. The van der Waals surface area contributed by atoms with Gasteiger partial charge in [0.25, 0.3) is 11.8 Å². The van der Waals surface area contributed by atoms with E-state index in [1.165, 1.54) is 36.3 Å². The molecule has 0 radical (unpaired) electrons. The summed E-state index contributed by atoms with van der Waals surface area (Å²) in [4.78, 5) is 35.6. The van der Waals surface area contributed by atoms with Crippen LogP contribution in [0.3, 0.4) is 0 Å². The molecule has 0 aliphatic carbocycles. The third-order valence-corrected chi connectivity index (χ3v) is 5.28. The summed E-state index contributed by atoms with van der Waals surface area (Å²) in [6, 6.07) is 7.85. The summed E-state index contributed by atoms with van der Waals surface area (Å²) in [6.07, 6.45) is 2.97. The van der Waals surface area contributed by atoms with Crippen molar-refractivity contribution < 1.29 is 19.2 Å². The Morgan fingerprint density at radius 3 is 2.69 bits per heavy atom. The summed E-state index contributed by atoms with van der Waals surface area (Å²) < 4.78 is 6.47. The van der Waals surface area contributed by atoms with Gasteiger partial charge < -0.3 is 20.2 Å². The first-order chi connectivity index (χ1) is 17.2. The lowest BCUT2D eigenvalue weighted by atomic mass is 10.1. The van der Waals surface area contributed by atoms with E-state index >= 15 is 0 Å². The number of ether oxygens (including phenoxy) is 1. The third-order valence-electron chi connectivity index (χ3n) is 4.76. The van der Waals surface area contributed by atoms with Crippen LogP contribution in [-0.4, -0.2) is 53.1 Å². The normalized spacial score (nSPS) is 11.1. The number of halogens is 2. The number of aryl methyl sites for hydroxylation is 1. The summed E-state index contributed by atoms with van der Waals surface area (Å²) in [5.74, 6) is -0.243. The van der Waals surface area contributed by atoms with E-state index in [-0.39, 0.29) is 35.2 Å². The van der Waals surface area contributed by atoms with E-state index in [4.69, 9.17) is 32.8 Å². The Labute approximate surface area is 218 Å². The van der Waals surface area contributed by atoms with Crippen molar-refractivity contribution in [2.75, 3.05) is 25.6 Å².